The van der Waals surface area contributed by atoms with Crippen molar-refractivity contribution in [2.24, 2.45) is 0 Å². The van der Waals surface area contributed by atoms with Gasteiger partial charge < -0.3 is 14.5 Å². The zero-order chi connectivity index (χ0) is 14.8. The lowest BCUT2D eigenvalue weighted by atomic mass is 10.1. The number of carbonyl (C=O) groups is 2. The molecule has 1 aliphatic heterocycles. The van der Waals surface area contributed by atoms with E-state index in [-0.39, 0.29) is 18.4 Å². The first-order valence-electron chi connectivity index (χ1n) is 7.67. The molecule has 2 aliphatic rings. The third-order valence-corrected chi connectivity index (χ3v) is 4.45. The first-order chi connectivity index (χ1) is 10.2. The van der Waals surface area contributed by atoms with E-state index in [1.54, 1.807) is 4.90 Å². The average molecular weight is 292 g/mol. The summed E-state index contributed by atoms with van der Waals surface area (Å²) in [6.45, 7) is 0.610. The second kappa shape index (κ2) is 5.87. The van der Waals surface area contributed by atoms with Gasteiger partial charge in [0.2, 0.25) is 0 Å². The molecule has 0 radical (unpaired) electrons. The molecule has 21 heavy (non-hydrogen) atoms. The lowest BCUT2D eigenvalue weighted by molar-refractivity contribution is -0.137. The van der Waals surface area contributed by atoms with Crippen molar-refractivity contribution in [2.45, 2.75) is 57.4 Å². The van der Waals surface area contributed by atoms with Crippen molar-refractivity contribution in [2.75, 3.05) is 6.54 Å². The van der Waals surface area contributed by atoms with Gasteiger partial charge in [-0.05, 0) is 32.1 Å². The minimum Gasteiger partial charge on any atom is -0.481 e. The van der Waals surface area contributed by atoms with Gasteiger partial charge in [-0.3, -0.25) is 9.59 Å². The molecule has 1 atom stereocenters. The molecule has 1 aromatic rings. The fourth-order valence-corrected chi connectivity index (χ4v) is 3.38. The largest absolute Gasteiger partial charge is 0.481 e. The molecular formula is C15H20N2O4. The maximum Gasteiger partial charge on any atom is 0.305 e. The van der Waals surface area contributed by atoms with Gasteiger partial charge in [0.05, 0.1) is 6.42 Å². The number of hydrogen-bond donors (Lipinski definition) is 1. The van der Waals surface area contributed by atoms with E-state index >= 15 is 0 Å². The molecule has 6 nitrogen and oxygen atoms in total. The van der Waals surface area contributed by atoms with E-state index in [4.69, 9.17) is 9.63 Å². The Kier molecular flexibility index (Phi) is 3.94. The van der Waals surface area contributed by atoms with Crippen molar-refractivity contribution < 1.29 is 19.2 Å². The predicted octanol–water partition coefficient (Wildman–Crippen LogP) is 2.02. The Hall–Kier alpha value is -1.85. The van der Waals surface area contributed by atoms with Gasteiger partial charge >= 0.3 is 5.97 Å². The minimum atomic E-state index is -0.862. The van der Waals surface area contributed by atoms with Crippen LogP contribution in [0.5, 0.6) is 0 Å². The van der Waals surface area contributed by atoms with Crippen molar-refractivity contribution >= 4 is 11.9 Å². The lowest BCUT2D eigenvalue weighted by Gasteiger charge is -2.22. The maximum atomic E-state index is 12.7. The molecule has 1 aromatic heterocycles. The summed E-state index contributed by atoms with van der Waals surface area (Å²) in [4.78, 5) is 25.3. The minimum absolute atomic E-state index is 0.00574. The normalized spacial score (nSPS) is 21.9. The van der Waals surface area contributed by atoms with Crippen molar-refractivity contribution in [1.29, 1.82) is 0 Å². The van der Waals surface area contributed by atoms with Crippen LogP contribution < -0.4 is 0 Å². The van der Waals surface area contributed by atoms with Gasteiger partial charge in [0.1, 0.15) is 5.76 Å². The molecule has 1 N–H and O–H groups in total. The number of amides is 1. The van der Waals surface area contributed by atoms with Gasteiger partial charge in [0.25, 0.3) is 5.91 Å². The lowest BCUT2D eigenvalue weighted by Crippen LogP contribution is -2.37. The summed E-state index contributed by atoms with van der Waals surface area (Å²) in [6.07, 6.45) is 6.54. The summed E-state index contributed by atoms with van der Waals surface area (Å²) >= 11 is 0. The quantitative estimate of drug-likeness (QED) is 0.862. The molecule has 6 heteroatoms. The molecule has 1 aliphatic carbocycles. The Balaban J connectivity index is 1.81. The van der Waals surface area contributed by atoms with Crippen LogP contribution in [-0.2, 0) is 17.6 Å². The molecule has 0 bridgehead atoms. The Morgan fingerprint density at radius 1 is 1.24 bits per heavy atom. The molecule has 0 spiro atoms. The molecule has 2 heterocycles. The Bertz CT molecular complexity index is 552. The summed E-state index contributed by atoms with van der Waals surface area (Å²) in [5.74, 6) is -0.186. The fraction of sp³-hybridized carbons (Fsp3) is 0.667. The molecule has 1 fully saturated rings. The zero-order valence-electron chi connectivity index (χ0n) is 12.0. The third-order valence-electron chi connectivity index (χ3n) is 4.45. The van der Waals surface area contributed by atoms with E-state index in [2.05, 4.69) is 5.16 Å². The summed E-state index contributed by atoms with van der Waals surface area (Å²) in [5.41, 5.74) is 1.35. The number of nitrogens with zero attached hydrogens (tertiary/aromatic N) is 2. The van der Waals surface area contributed by atoms with Gasteiger partial charge in [-0.1, -0.05) is 11.6 Å². The number of carboxylic acid groups (broad SMARTS) is 1. The Labute approximate surface area is 123 Å². The van der Waals surface area contributed by atoms with Crippen molar-refractivity contribution in [3.05, 3.63) is 17.0 Å². The predicted molar refractivity (Wildman–Crippen MR) is 74.1 cm³/mol. The first-order valence-corrected chi connectivity index (χ1v) is 7.67. The van der Waals surface area contributed by atoms with E-state index in [0.717, 1.165) is 56.3 Å². The van der Waals surface area contributed by atoms with E-state index < -0.39 is 5.97 Å². The monoisotopic (exact) mass is 292 g/mol. The highest BCUT2D eigenvalue weighted by atomic mass is 16.5. The van der Waals surface area contributed by atoms with Gasteiger partial charge in [0, 0.05) is 24.6 Å². The highest BCUT2D eigenvalue weighted by molar-refractivity contribution is 5.94. The summed E-state index contributed by atoms with van der Waals surface area (Å²) in [7, 11) is 0. The summed E-state index contributed by atoms with van der Waals surface area (Å²) in [6, 6.07) is -0.215. The zero-order valence-corrected chi connectivity index (χ0v) is 12.0. The van der Waals surface area contributed by atoms with Crippen LogP contribution in [0.2, 0.25) is 0 Å². The van der Waals surface area contributed by atoms with Crippen LogP contribution in [-0.4, -0.2) is 39.6 Å². The number of aromatic nitrogens is 1. The third kappa shape index (κ3) is 2.80. The van der Waals surface area contributed by atoms with Crippen molar-refractivity contribution in [1.82, 2.24) is 10.1 Å². The molecule has 1 amide bonds. The molecule has 0 saturated carbocycles. The van der Waals surface area contributed by atoms with E-state index in [9.17, 15) is 9.59 Å². The van der Waals surface area contributed by atoms with E-state index in [0.29, 0.717) is 12.2 Å². The maximum absolute atomic E-state index is 12.7. The average Bonchev–Trinajstić information content (AvgIpc) is 2.99. The molecular weight excluding hydrogens is 272 g/mol. The van der Waals surface area contributed by atoms with Crippen LogP contribution >= 0.6 is 0 Å². The Morgan fingerprint density at radius 2 is 2.05 bits per heavy atom. The SMILES string of the molecule is O=C(O)CC1CCCN1C(=O)c1noc2c1CCCCC2. The van der Waals surface area contributed by atoms with Gasteiger partial charge in [0.15, 0.2) is 5.69 Å². The smallest absolute Gasteiger partial charge is 0.305 e. The van der Waals surface area contributed by atoms with Crippen LogP contribution in [0.1, 0.15) is 60.3 Å². The number of rotatable bonds is 3. The molecule has 1 unspecified atom stereocenters. The van der Waals surface area contributed by atoms with E-state index in [1.807, 2.05) is 0 Å². The fourth-order valence-electron chi connectivity index (χ4n) is 3.38. The Morgan fingerprint density at radius 3 is 2.86 bits per heavy atom. The number of carboxylic acids is 1. The second-order valence-electron chi connectivity index (χ2n) is 5.89. The standard InChI is InChI=1S/C15H20N2O4/c18-13(19)9-10-5-4-8-17(10)15(20)14-11-6-2-1-3-7-12(11)21-16-14/h10H,1-9H2,(H,18,19). The summed E-state index contributed by atoms with van der Waals surface area (Å²) in [5, 5.41) is 12.9. The van der Waals surface area contributed by atoms with Crippen LogP contribution in [0.3, 0.4) is 0 Å². The van der Waals surface area contributed by atoms with Gasteiger partial charge in [-0.25, -0.2) is 0 Å². The van der Waals surface area contributed by atoms with Crippen molar-refractivity contribution in [3.8, 4) is 0 Å². The number of carbonyl (C=O) groups excluding carboxylic acids is 1. The van der Waals surface area contributed by atoms with E-state index in [1.165, 1.54) is 0 Å². The number of likely N-dealkylation sites (tertiary alicyclic amines) is 1. The van der Waals surface area contributed by atoms with Crippen molar-refractivity contribution in [3.63, 3.8) is 0 Å². The number of fused-ring (bicyclic) bond motifs is 1. The van der Waals surface area contributed by atoms with Gasteiger partial charge in [-0.15, -0.1) is 0 Å². The van der Waals surface area contributed by atoms with Gasteiger partial charge in [-0.2, -0.15) is 0 Å². The number of hydrogen-bond acceptors (Lipinski definition) is 4. The van der Waals surface area contributed by atoms with Crippen LogP contribution in [0.25, 0.3) is 0 Å². The molecule has 114 valence electrons. The first kappa shape index (κ1) is 14.1. The van der Waals surface area contributed by atoms with Crippen LogP contribution in [0.15, 0.2) is 4.52 Å². The highest BCUT2D eigenvalue weighted by Gasteiger charge is 2.34. The number of aliphatic carboxylic acids is 1. The van der Waals surface area contributed by atoms with Crippen LogP contribution in [0.4, 0.5) is 0 Å². The summed E-state index contributed by atoms with van der Waals surface area (Å²) < 4.78 is 5.35. The number of aryl methyl sites for hydroxylation is 1. The molecule has 1 saturated heterocycles. The van der Waals surface area contributed by atoms with Crippen LogP contribution in [0, 0.1) is 0 Å². The second-order valence-corrected chi connectivity index (χ2v) is 5.89. The molecule has 3 rings (SSSR count). The highest BCUT2D eigenvalue weighted by Crippen LogP contribution is 2.27. The molecule has 0 aromatic carbocycles. The topological polar surface area (TPSA) is 83.6 Å².